The second-order valence-corrected chi connectivity index (χ2v) is 9.28. The molecular weight excluding hydrogens is 380 g/mol. The van der Waals surface area contributed by atoms with E-state index in [-0.39, 0.29) is 6.04 Å². The summed E-state index contributed by atoms with van der Waals surface area (Å²) in [5.74, 6) is 0. The fourth-order valence-corrected chi connectivity index (χ4v) is 4.67. The molecule has 1 heterocycles. The molecule has 0 atom stereocenters. The molecule has 2 aromatic carbocycles. The van der Waals surface area contributed by atoms with Crippen LogP contribution in [-0.4, -0.2) is 23.3 Å². The molecule has 3 aromatic rings. The zero-order valence-corrected chi connectivity index (χ0v) is 18.0. The van der Waals surface area contributed by atoms with Gasteiger partial charge in [-0.3, -0.25) is 0 Å². The van der Waals surface area contributed by atoms with E-state index in [2.05, 4.69) is 29.7 Å². The van der Waals surface area contributed by atoms with Crippen LogP contribution in [0.3, 0.4) is 0 Å². The average Bonchev–Trinajstić information content (AvgIpc) is 3.12. The number of nitrogens with zero attached hydrogens (tertiary/aromatic N) is 2. The van der Waals surface area contributed by atoms with Crippen molar-refractivity contribution < 1.29 is 8.42 Å². The van der Waals surface area contributed by atoms with Gasteiger partial charge in [-0.2, -0.15) is 4.31 Å². The molecule has 0 bridgehead atoms. The van der Waals surface area contributed by atoms with Crippen molar-refractivity contribution in [1.82, 2.24) is 8.87 Å². The number of sulfonamides is 1. The van der Waals surface area contributed by atoms with Crippen LogP contribution in [0.5, 0.6) is 0 Å². The first-order valence-electron chi connectivity index (χ1n) is 9.80. The lowest BCUT2D eigenvalue weighted by Gasteiger charge is -2.25. The molecule has 0 unspecified atom stereocenters. The highest BCUT2D eigenvalue weighted by Gasteiger charge is 2.23. The van der Waals surface area contributed by atoms with Gasteiger partial charge in [0.15, 0.2) is 0 Å². The number of aryl methyl sites for hydroxylation is 1. The molecule has 0 aliphatic heterocycles. The number of hydrogen-bond acceptors (Lipinski definition) is 2. The van der Waals surface area contributed by atoms with E-state index in [1.165, 1.54) is 20.8 Å². The Balaban J connectivity index is 1.81. The van der Waals surface area contributed by atoms with Gasteiger partial charge < -0.3 is 4.57 Å². The molecule has 0 amide bonds. The Morgan fingerprint density at radius 2 is 1.76 bits per heavy atom. The Kier molecular flexibility index (Phi) is 6.72. The van der Waals surface area contributed by atoms with Gasteiger partial charge in [-0.1, -0.05) is 60.2 Å². The maximum Gasteiger partial charge on any atom is 0.236 e. The van der Waals surface area contributed by atoms with Crippen LogP contribution in [0.1, 0.15) is 36.2 Å². The lowest BCUT2D eigenvalue weighted by Crippen LogP contribution is -2.35. The van der Waals surface area contributed by atoms with Crippen molar-refractivity contribution in [3.8, 4) is 0 Å². The number of benzene rings is 2. The van der Waals surface area contributed by atoms with Crippen molar-refractivity contribution in [2.75, 3.05) is 0 Å². The van der Waals surface area contributed by atoms with Gasteiger partial charge in [0.05, 0.1) is 6.54 Å². The van der Waals surface area contributed by atoms with Gasteiger partial charge in [-0.25, -0.2) is 8.42 Å². The first-order chi connectivity index (χ1) is 13.8. The van der Waals surface area contributed by atoms with Crippen LogP contribution < -0.4 is 0 Å². The third-order valence-corrected chi connectivity index (χ3v) is 6.50. The number of aromatic nitrogens is 1. The van der Waals surface area contributed by atoms with Crippen molar-refractivity contribution in [1.29, 1.82) is 0 Å². The highest BCUT2D eigenvalue weighted by Crippen LogP contribution is 2.18. The summed E-state index contributed by atoms with van der Waals surface area (Å²) in [5, 5.41) is 1.30. The minimum atomic E-state index is -3.55. The SMILES string of the molecule is Cc1cccc(Cn2cccc2CN(C(C)C)S(=O)(=O)/C=C/c2ccccc2)c1. The molecule has 5 heteroatoms. The van der Waals surface area contributed by atoms with E-state index in [1.807, 2.05) is 68.6 Å². The first-order valence-corrected chi connectivity index (χ1v) is 11.3. The Hall–Kier alpha value is -2.63. The minimum absolute atomic E-state index is 0.150. The van der Waals surface area contributed by atoms with Gasteiger partial charge in [-0.15, -0.1) is 0 Å². The van der Waals surface area contributed by atoms with Crippen molar-refractivity contribution in [2.24, 2.45) is 0 Å². The van der Waals surface area contributed by atoms with E-state index in [9.17, 15) is 8.42 Å². The summed E-state index contributed by atoms with van der Waals surface area (Å²) in [5.41, 5.74) is 4.25. The minimum Gasteiger partial charge on any atom is -0.346 e. The Bertz CT molecular complexity index is 1070. The van der Waals surface area contributed by atoms with E-state index in [4.69, 9.17) is 0 Å². The van der Waals surface area contributed by atoms with E-state index in [1.54, 1.807) is 6.08 Å². The molecule has 0 aliphatic carbocycles. The Morgan fingerprint density at radius 1 is 1.00 bits per heavy atom. The predicted octanol–water partition coefficient (Wildman–Crippen LogP) is 5.06. The highest BCUT2D eigenvalue weighted by molar-refractivity contribution is 7.92. The van der Waals surface area contributed by atoms with Gasteiger partial charge in [0, 0.05) is 29.9 Å². The second kappa shape index (κ2) is 9.25. The lowest BCUT2D eigenvalue weighted by molar-refractivity contribution is 0.345. The molecule has 1 aromatic heterocycles. The van der Waals surface area contributed by atoms with E-state index in [0.717, 1.165) is 17.8 Å². The topological polar surface area (TPSA) is 42.3 Å². The largest absolute Gasteiger partial charge is 0.346 e. The normalized spacial score (nSPS) is 12.3. The zero-order valence-electron chi connectivity index (χ0n) is 17.2. The molecule has 29 heavy (non-hydrogen) atoms. The molecule has 0 spiro atoms. The zero-order chi connectivity index (χ0) is 20.9. The average molecular weight is 409 g/mol. The molecule has 0 fully saturated rings. The molecule has 152 valence electrons. The van der Waals surface area contributed by atoms with Crippen LogP contribution in [0.15, 0.2) is 78.3 Å². The van der Waals surface area contributed by atoms with Crippen molar-refractivity contribution in [2.45, 2.75) is 39.9 Å². The quantitative estimate of drug-likeness (QED) is 0.523. The molecule has 4 nitrogen and oxygen atoms in total. The van der Waals surface area contributed by atoms with Crippen LogP contribution in [-0.2, 0) is 23.1 Å². The van der Waals surface area contributed by atoms with Gasteiger partial charge >= 0.3 is 0 Å². The summed E-state index contributed by atoms with van der Waals surface area (Å²) in [6, 6.07) is 21.7. The monoisotopic (exact) mass is 408 g/mol. The predicted molar refractivity (Wildman–Crippen MR) is 120 cm³/mol. The smallest absolute Gasteiger partial charge is 0.236 e. The molecule has 0 radical (unpaired) electrons. The maximum atomic E-state index is 13.0. The van der Waals surface area contributed by atoms with Crippen molar-refractivity contribution >= 4 is 16.1 Å². The summed E-state index contributed by atoms with van der Waals surface area (Å²) in [6.45, 7) is 6.93. The third kappa shape index (κ3) is 5.68. The summed E-state index contributed by atoms with van der Waals surface area (Å²) < 4.78 is 29.7. The molecule has 0 saturated carbocycles. The lowest BCUT2D eigenvalue weighted by atomic mass is 10.1. The van der Waals surface area contributed by atoms with Crippen LogP contribution >= 0.6 is 0 Å². The van der Waals surface area contributed by atoms with Gasteiger partial charge in [0.25, 0.3) is 0 Å². The fourth-order valence-electron chi connectivity index (χ4n) is 3.29. The first kappa shape index (κ1) is 21.1. The Labute approximate surface area is 174 Å². The fraction of sp³-hybridized carbons (Fsp3) is 0.250. The summed E-state index contributed by atoms with van der Waals surface area (Å²) in [7, 11) is -3.55. The van der Waals surface area contributed by atoms with E-state index in [0.29, 0.717) is 6.54 Å². The van der Waals surface area contributed by atoms with Crippen LogP contribution in [0.4, 0.5) is 0 Å². The molecular formula is C24H28N2O2S. The van der Waals surface area contributed by atoms with Crippen LogP contribution in [0.2, 0.25) is 0 Å². The van der Waals surface area contributed by atoms with Crippen molar-refractivity contribution in [3.63, 3.8) is 0 Å². The number of rotatable bonds is 8. The molecule has 0 aliphatic rings. The van der Waals surface area contributed by atoms with E-state index < -0.39 is 10.0 Å². The summed E-state index contributed by atoms with van der Waals surface area (Å²) in [4.78, 5) is 0. The van der Waals surface area contributed by atoms with Gasteiger partial charge in [0.2, 0.25) is 10.0 Å². The van der Waals surface area contributed by atoms with E-state index >= 15 is 0 Å². The third-order valence-electron chi connectivity index (χ3n) is 4.81. The van der Waals surface area contributed by atoms with Crippen LogP contribution in [0, 0.1) is 6.92 Å². The standard InChI is InChI=1S/C24H28N2O2S/c1-20(2)26(29(27,28)16-14-22-10-5-4-6-11-22)19-24-13-8-15-25(24)18-23-12-7-9-21(3)17-23/h4-17,20H,18-19H2,1-3H3/b16-14+. The Morgan fingerprint density at radius 3 is 2.45 bits per heavy atom. The summed E-state index contributed by atoms with van der Waals surface area (Å²) in [6.07, 6.45) is 3.65. The van der Waals surface area contributed by atoms with Crippen LogP contribution in [0.25, 0.3) is 6.08 Å². The van der Waals surface area contributed by atoms with Crippen molar-refractivity contribution in [3.05, 3.63) is 101 Å². The highest BCUT2D eigenvalue weighted by atomic mass is 32.2. The second-order valence-electron chi connectivity index (χ2n) is 7.51. The van der Waals surface area contributed by atoms with Gasteiger partial charge in [0.1, 0.15) is 0 Å². The molecule has 3 rings (SSSR count). The molecule has 0 saturated heterocycles. The maximum absolute atomic E-state index is 13.0. The van der Waals surface area contributed by atoms with Gasteiger partial charge in [-0.05, 0) is 50.1 Å². The molecule has 0 N–H and O–H groups in total. The number of hydrogen-bond donors (Lipinski definition) is 0. The summed E-state index contributed by atoms with van der Waals surface area (Å²) >= 11 is 0.